The molecule has 9 heteroatoms. The first-order chi connectivity index (χ1) is 14.9. The molecular formula is C21H35N7OS. The standard InChI is InChI=1S/C21H35N7OS/c1-4-16-30-19(7-1)18-9-14-26(20-8-5-15-29-20)21(24-18)28(25-12-6-10-22-17-25)27-13-3-2-11-23-27/h1,4,7,16,18-20,22-23H,2-3,5-6,8-15,17H2. The SMILES string of the molecule is C1=CSC(C2CCN(C3CCCO3)C(N(N3CCCNC3)N3CCCCN3)=N2)C=C1. The van der Waals surface area contributed by atoms with E-state index in [1.165, 1.54) is 12.8 Å². The van der Waals surface area contributed by atoms with Gasteiger partial charge in [0.1, 0.15) is 6.23 Å². The molecule has 8 nitrogen and oxygen atoms in total. The van der Waals surface area contributed by atoms with Crippen LogP contribution in [0.15, 0.2) is 28.6 Å². The monoisotopic (exact) mass is 433 g/mol. The van der Waals surface area contributed by atoms with Crippen LogP contribution in [-0.2, 0) is 4.74 Å². The van der Waals surface area contributed by atoms with Crippen LogP contribution in [0.5, 0.6) is 0 Å². The molecule has 166 valence electrons. The molecule has 5 aliphatic heterocycles. The normalized spacial score (nSPS) is 33.7. The zero-order valence-corrected chi connectivity index (χ0v) is 18.6. The number of thioether (sulfide) groups is 1. The molecule has 0 aliphatic carbocycles. The van der Waals surface area contributed by atoms with Crippen LogP contribution >= 0.6 is 11.8 Å². The first-order valence-electron chi connectivity index (χ1n) is 11.6. The molecule has 0 bridgehead atoms. The smallest absolute Gasteiger partial charge is 0.230 e. The van der Waals surface area contributed by atoms with Crippen LogP contribution in [0.3, 0.4) is 0 Å². The molecule has 2 N–H and O–H groups in total. The summed E-state index contributed by atoms with van der Waals surface area (Å²) in [6, 6.07) is 0.286. The summed E-state index contributed by atoms with van der Waals surface area (Å²) in [7, 11) is 0. The summed E-state index contributed by atoms with van der Waals surface area (Å²) < 4.78 is 6.14. The van der Waals surface area contributed by atoms with Crippen molar-refractivity contribution in [2.45, 2.75) is 56.0 Å². The summed E-state index contributed by atoms with van der Waals surface area (Å²) in [5.74, 6) is 1.06. The summed E-state index contributed by atoms with van der Waals surface area (Å²) in [6.45, 7) is 6.83. The molecule has 3 saturated heterocycles. The molecule has 3 atom stereocenters. The van der Waals surface area contributed by atoms with E-state index in [1.54, 1.807) is 0 Å². The molecule has 5 aliphatic rings. The van der Waals surface area contributed by atoms with E-state index in [9.17, 15) is 0 Å². The van der Waals surface area contributed by atoms with Crippen LogP contribution in [0.1, 0.15) is 38.5 Å². The highest BCUT2D eigenvalue weighted by atomic mass is 32.2. The van der Waals surface area contributed by atoms with Crippen LogP contribution in [0, 0.1) is 0 Å². The number of ether oxygens (including phenoxy) is 1. The van der Waals surface area contributed by atoms with Crippen LogP contribution in [0.4, 0.5) is 0 Å². The maximum absolute atomic E-state index is 6.14. The number of hydrazine groups is 3. The Bertz CT molecular complexity index is 636. The fraction of sp³-hybridized carbons (Fsp3) is 0.762. The Hall–Kier alpha value is -1.10. The van der Waals surface area contributed by atoms with E-state index in [-0.39, 0.29) is 12.3 Å². The lowest BCUT2D eigenvalue weighted by Crippen LogP contribution is -2.69. The minimum absolute atomic E-state index is 0.143. The van der Waals surface area contributed by atoms with Crippen molar-refractivity contribution in [1.29, 1.82) is 0 Å². The third kappa shape index (κ3) is 4.56. The number of hydrogen-bond acceptors (Lipinski definition) is 9. The fourth-order valence-electron chi connectivity index (χ4n) is 4.82. The van der Waals surface area contributed by atoms with Crippen LogP contribution in [-0.4, -0.2) is 89.6 Å². The second-order valence-corrected chi connectivity index (χ2v) is 9.62. The van der Waals surface area contributed by atoms with E-state index in [0.717, 1.165) is 77.6 Å². The minimum Gasteiger partial charge on any atom is -0.358 e. The lowest BCUT2D eigenvalue weighted by Gasteiger charge is -2.50. The highest BCUT2D eigenvalue weighted by Crippen LogP contribution is 2.31. The van der Waals surface area contributed by atoms with E-state index in [1.807, 2.05) is 11.8 Å². The number of guanidine groups is 1. The number of nitrogens with one attached hydrogen (secondary N) is 2. The van der Waals surface area contributed by atoms with Gasteiger partial charge in [-0.25, -0.2) is 10.4 Å². The molecule has 3 unspecified atom stereocenters. The number of allylic oxidation sites excluding steroid dienone is 2. The molecule has 0 spiro atoms. The maximum atomic E-state index is 6.14. The quantitative estimate of drug-likeness (QED) is 0.695. The Morgan fingerprint density at radius 1 is 1.07 bits per heavy atom. The molecule has 0 amide bonds. The predicted molar refractivity (Wildman–Crippen MR) is 121 cm³/mol. The van der Waals surface area contributed by atoms with E-state index in [2.05, 4.69) is 54.5 Å². The van der Waals surface area contributed by atoms with Gasteiger partial charge < -0.3 is 15.0 Å². The first-order valence-corrected chi connectivity index (χ1v) is 12.6. The van der Waals surface area contributed by atoms with Gasteiger partial charge in [-0.3, -0.25) is 0 Å². The molecule has 5 rings (SSSR count). The molecular weight excluding hydrogens is 398 g/mol. The van der Waals surface area contributed by atoms with Gasteiger partial charge in [0, 0.05) is 38.0 Å². The van der Waals surface area contributed by atoms with Gasteiger partial charge >= 0.3 is 0 Å². The second-order valence-electron chi connectivity index (χ2n) is 8.53. The largest absolute Gasteiger partial charge is 0.358 e. The molecule has 3 fully saturated rings. The van der Waals surface area contributed by atoms with Crippen LogP contribution in [0.25, 0.3) is 0 Å². The number of hydrogen-bond donors (Lipinski definition) is 2. The van der Waals surface area contributed by atoms with Gasteiger partial charge in [-0.15, -0.1) is 16.9 Å². The van der Waals surface area contributed by atoms with Gasteiger partial charge in [0.05, 0.1) is 12.7 Å². The molecule has 30 heavy (non-hydrogen) atoms. The Morgan fingerprint density at radius 2 is 2.07 bits per heavy atom. The molecule has 0 radical (unpaired) electrons. The van der Waals surface area contributed by atoms with Gasteiger partial charge in [-0.1, -0.05) is 18.2 Å². The summed E-state index contributed by atoms with van der Waals surface area (Å²) in [5, 5.41) is 13.2. The van der Waals surface area contributed by atoms with E-state index in [0.29, 0.717) is 5.25 Å². The highest BCUT2D eigenvalue weighted by Gasteiger charge is 2.39. The molecule has 0 aromatic rings. The first kappa shape index (κ1) is 20.8. The zero-order valence-electron chi connectivity index (χ0n) is 17.8. The molecule has 0 aromatic heterocycles. The Labute approximate surface area is 184 Å². The van der Waals surface area contributed by atoms with Crippen molar-refractivity contribution in [2.24, 2.45) is 4.99 Å². The highest BCUT2D eigenvalue weighted by molar-refractivity contribution is 8.03. The number of rotatable bonds is 4. The third-order valence-corrected chi connectivity index (χ3v) is 7.49. The van der Waals surface area contributed by atoms with Gasteiger partial charge in [0.2, 0.25) is 5.96 Å². The lowest BCUT2D eigenvalue weighted by atomic mass is 10.1. The second kappa shape index (κ2) is 10.0. The Balaban J connectivity index is 1.47. The average Bonchev–Trinajstić information content (AvgIpc) is 3.36. The number of aliphatic imine (C=N–C) groups is 1. The van der Waals surface area contributed by atoms with Crippen LogP contribution in [0.2, 0.25) is 0 Å². The number of nitrogens with zero attached hydrogens (tertiary/aromatic N) is 5. The van der Waals surface area contributed by atoms with Crippen LogP contribution < -0.4 is 10.7 Å². The van der Waals surface area contributed by atoms with Crippen molar-refractivity contribution in [3.8, 4) is 0 Å². The molecule has 5 heterocycles. The van der Waals surface area contributed by atoms with Gasteiger partial charge in [-0.05, 0) is 50.5 Å². The van der Waals surface area contributed by atoms with Crippen molar-refractivity contribution >= 4 is 17.7 Å². The summed E-state index contributed by atoms with van der Waals surface area (Å²) in [5.41, 5.74) is 3.63. The van der Waals surface area contributed by atoms with Gasteiger partial charge in [0.15, 0.2) is 0 Å². The van der Waals surface area contributed by atoms with E-state index < -0.39 is 0 Å². The molecule has 0 saturated carbocycles. The molecule has 0 aromatic carbocycles. The summed E-state index contributed by atoms with van der Waals surface area (Å²) in [6.07, 6.45) is 13.6. The van der Waals surface area contributed by atoms with E-state index in [4.69, 9.17) is 9.73 Å². The maximum Gasteiger partial charge on any atom is 0.230 e. The lowest BCUT2D eigenvalue weighted by molar-refractivity contribution is -0.183. The Kier molecular flexibility index (Phi) is 6.94. The summed E-state index contributed by atoms with van der Waals surface area (Å²) in [4.78, 5) is 7.85. The van der Waals surface area contributed by atoms with Crippen molar-refractivity contribution in [2.75, 3.05) is 46.0 Å². The fourth-order valence-corrected chi connectivity index (χ4v) is 5.74. The van der Waals surface area contributed by atoms with Gasteiger partial charge in [0.25, 0.3) is 0 Å². The van der Waals surface area contributed by atoms with Gasteiger partial charge in [-0.2, -0.15) is 10.1 Å². The Morgan fingerprint density at radius 3 is 2.80 bits per heavy atom. The van der Waals surface area contributed by atoms with Crippen molar-refractivity contribution in [1.82, 2.24) is 30.9 Å². The average molecular weight is 434 g/mol. The third-order valence-electron chi connectivity index (χ3n) is 6.39. The predicted octanol–water partition coefficient (Wildman–Crippen LogP) is 1.72. The zero-order chi connectivity index (χ0) is 20.2. The minimum atomic E-state index is 0.143. The van der Waals surface area contributed by atoms with Crippen molar-refractivity contribution in [3.63, 3.8) is 0 Å². The summed E-state index contributed by atoms with van der Waals surface area (Å²) >= 11 is 1.89. The van der Waals surface area contributed by atoms with Crippen molar-refractivity contribution in [3.05, 3.63) is 23.6 Å². The topological polar surface area (TPSA) is 58.6 Å². The van der Waals surface area contributed by atoms with E-state index >= 15 is 0 Å². The van der Waals surface area contributed by atoms with Crippen molar-refractivity contribution < 1.29 is 4.74 Å².